The van der Waals surface area contributed by atoms with Gasteiger partial charge in [0.05, 0.1) is 11.3 Å². The van der Waals surface area contributed by atoms with Crippen molar-refractivity contribution in [3.63, 3.8) is 0 Å². The van der Waals surface area contributed by atoms with E-state index in [2.05, 4.69) is 15.5 Å². The number of benzene rings is 1. The van der Waals surface area contributed by atoms with Crippen molar-refractivity contribution in [3.8, 4) is 0 Å². The Labute approximate surface area is 146 Å². The van der Waals surface area contributed by atoms with Crippen molar-refractivity contribution in [2.75, 3.05) is 31.5 Å². The molecule has 25 heavy (non-hydrogen) atoms. The number of nitro groups is 1. The molecule has 1 atom stereocenters. The van der Waals surface area contributed by atoms with Gasteiger partial charge in [0, 0.05) is 30.9 Å². The number of nitrogens with zero attached hydrogens (tertiary/aromatic N) is 2. The van der Waals surface area contributed by atoms with E-state index in [4.69, 9.17) is 0 Å². The van der Waals surface area contributed by atoms with E-state index in [1.165, 1.54) is 24.3 Å². The zero-order valence-electron chi connectivity index (χ0n) is 14.4. The average Bonchev–Trinajstić information content (AvgIpc) is 2.57. The third-order valence-corrected chi connectivity index (χ3v) is 3.74. The molecule has 9 heteroatoms. The minimum absolute atomic E-state index is 0.148. The first-order valence-corrected chi connectivity index (χ1v) is 8.10. The summed E-state index contributed by atoms with van der Waals surface area (Å²) in [5.74, 6) is -1.64. The van der Waals surface area contributed by atoms with Gasteiger partial charge < -0.3 is 20.6 Å². The molecule has 3 N–H and O–H groups in total. The standard InChI is InChI=1S/C16H24N4O5/c1-3-19(4-2)9-8-17-14(16(22)23)11-15(21)18-12-6-5-7-13(10-12)20(24)25/h5-7,10,14,17H,3-4,8-9,11H2,1-2H3,(H,18,21)(H,22,23). The summed E-state index contributed by atoms with van der Waals surface area (Å²) in [5, 5.41) is 25.3. The normalized spacial score (nSPS) is 12.0. The molecule has 0 radical (unpaired) electrons. The fraction of sp³-hybridized carbons (Fsp3) is 0.500. The topological polar surface area (TPSA) is 125 Å². The van der Waals surface area contributed by atoms with E-state index < -0.39 is 22.8 Å². The zero-order chi connectivity index (χ0) is 18.8. The fourth-order valence-corrected chi connectivity index (χ4v) is 2.28. The molecule has 0 heterocycles. The molecule has 138 valence electrons. The molecule has 1 aromatic rings. The number of rotatable bonds is 11. The van der Waals surface area contributed by atoms with Crippen molar-refractivity contribution in [1.82, 2.24) is 10.2 Å². The summed E-state index contributed by atoms with van der Waals surface area (Å²) in [6.07, 6.45) is -0.268. The first-order chi connectivity index (χ1) is 11.9. The number of hydrogen-bond acceptors (Lipinski definition) is 6. The van der Waals surface area contributed by atoms with Gasteiger partial charge in [-0.25, -0.2) is 0 Å². The van der Waals surface area contributed by atoms with Crippen LogP contribution < -0.4 is 10.6 Å². The largest absolute Gasteiger partial charge is 0.480 e. The van der Waals surface area contributed by atoms with Crippen molar-refractivity contribution >= 4 is 23.3 Å². The second-order valence-electron chi connectivity index (χ2n) is 5.43. The molecule has 1 rings (SSSR count). The number of hydrogen-bond donors (Lipinski definition) is 3. The van der Waals surface area contributed by atoms with Crippen LogP contribution in [-0.4, -0.2) is 59.0 Å². The Morgan fingerprint density at radius 3 is 2.56 bits per heavy atom. The summed E-state index contributed by atoms with van der Waals surface area (Å²) < 4.78 is 0. The van der Waals surface area contributed by atoms with Crippen molar-refractivity contribution in [3.05, 3.63) is 34.4 Å². The van der Waals surface area contributed by atoms with E-state index in [0.717, 1.165) is 13.1 Å². The summed E-state index contributed by atoms with van der Waals surface area (Å²) in [4.78, 5) is 35.6. The quantitative estimate of drug-likeness (QED) is 0.405. The number of nitro benzene ring substituents is 1. The van der Waals surface area contributed by atoms with Gasteiger partial charge in [-0.15, -0.1) is 0 Å². The number of carbonyl (C=O) groups is 2. The minimum atomic E-state index is -1.12. The van der Waals surface area contributed by atoms with Gasteiger partial charge in [0.25, 0.3) is 5.69 Å². The van der Waals surface area contributed by atoms with E-state index in [0.29, 0.717) is 13.1 Å². The fourth-order valence-electron chi connectivity index (χ4n) is 2.28. The number of non-ortho nitro benzene ring substituents is 1. The van der Waals surface area contributed by atoms with Crippen LogP contribution in [0.5, 0.6) is 0 Å². The van der Waals surface area contributed by atoms with Crippen LogP contribution in [0.2, 0.25) is 0 Å². The van der Waals surface area contributed by atoms with E-state index in [-0.39, 0.29) is 17.8 Å². The lowest BCUT2D eigenvalue weighted by Crippen LogP contribution is -2.43. The molecule has 0 aliphatic rings. The van der Waals surface area contributed by atoms with Gasteiger partial charge in [0.15, 0.2) is 0 Å². The van der Waals surface area contributed by atoms with E-state index >= 15 is 0 Å². The highest BCUT2D eigenvalue weighted by atomic mass is 16.6. The third-order valence-electron chi connectivity index (χ3n) is 3.74. The first-order valence-electron chi connectivity index (χ1n) is 8.10. The number of carboxylic acids is 1. The molecule has 0 saturated carbocycles. The van der Waals surface area contributed by atoms with Gasteiger partial charge in [0.1, 0.15) is 6.04 Å². The number of nitrogens with one attached hydrogen (secondary N) is 2. The maximum absolute atomic E-state index is 12.0. The Morgan fingerprint density at radius 1 is 1.32 bits per heavy atom. The number of amides is 1. The van der Waals surface area contributed by atoms with Crippen LogP contribution >= 0.6 is 0 Å². The van der Waals surface area contributed by atoms with E-state index in [1.807, 2.05) is 13.8 Å². The maximum Gasteiger partial charge on any atom is 0.321 e. The van der Waals surface area contributed by atoms with Gasteiger partial charge in [-0.05, 0) is 19.2 Å². The second kappa shape index (κ2) is 10.4. The molecule has 0 spiro atoms. The van der Waals surface area contributed by atoms with Crippen LogP contribution in [0.1, 0.15) is 20.3 Å². The van der Waals surface area contributed by atoms with Crippen molar-refractivity contribution in [2.45, 2.75) is 26.3 Å². The van der Waals surface area contributed by atoms with Crippen molar-refractivity contribution < 1.29 is 19.6 Å². The van der Waals surface area contributed by atoms with Crippen LogP contribution in [0.4, 0.5) is 11.4 Å². The Hall–Kier alpha value is -2.52. The van der Waals surface area contributed by atoms with E-state index in [9.17, 15) is 24.8 Å². The summed E-state index contributed by atoms with van der Waals surface area (Å²) in [6.45, 7) is 6.90. The zero-order valence-corrected chi connectivity index (χ0v) is 14.4. The molecule has 0 aromatic heterocycles. The van der Waals surface area contributed by atoms with Gasteiger partial charge in [0.2, 0.25) is 5.91 Å². The molecular formula is C16H24N4O5. The number of anilines is 1. The monoisotopic (exact) mass is 352 g/mol. The van der Waals surface area contributed by atoms with E-state index in [1.54, 1.807) is 0 Å². The average molecular weight is 352 g/mol. The highest BCUT2D eigenvalue weighted by Gasteiger charge is 2.21. The number of aliphatic carboxylic acids is 1. The maximum atomic E-state index is 12.0. The third kappa shape index (κ3) is 7.27. The molecule has 9 nitrogen and oxygen atoms in total. The Morgan fingerprint density at radius 2 is 2.00 bits per heavy atom. The van der Waals surface area contributed by atoms with Crippen LogP contribution in [0.25, 0.3) is 0 Å². The van der Waals surface area contributed by atoms with Gasteiger partial charge >= 0.3 is 5.97 Å². The molecular weight excluding hydrogens is 328 g/mol. The molecule has 1 unspecified atom stereocenters. The van der Waals surface area contributed by atoms with Gasteiger partial charge in [-0.2, -0.15) is 0 Å². The second-order valence-corrected chi connectivity index (χ2v) is 5.43. The Balaban J connectivity index is 2.57. The number of carboxylic acid groups (broad SMARTS) is 1. The van der Waals surface area contributed by atoms with Crippen LogP contribution in [0.15, 0.2) is 24.3 Å². The predicted molar refractivity (Wildman–Crippen MR) is 93.6 cm³/mol. The van der Waals surface area contributed by atoms with Gasteiger partial charge in [-0.1, -0.05) is 19.9 Å². The highest BCUT2D eigenvalue weighted by molar-refractivity contribution is 5.94. The summed E-state index contributed by atoms with van der Waals surface area (Å²) in [7, 11) is 0. The molecule has 1 aromatic carbocycles. The summed E-state index contributed by atoms with van der Waals surface area (Å²) >= 11 is 0. The molecule has 1 amide bonds. The SMILES string of the molecule is CCN(CC)CCNC(CC(=O)Nc1cccc([N+](=O)[O-])c1)C(=O)O. The predicted octanol–water partition coefficient (Wildman–Crippen LogP) is 1.31. The highest BCUT2D eigenvalue weighted by Crippen LogP contribution is 2.17. The number of carbonyl (C=O) groups excluding carboxylic acids is 1. The Kier molecular flexibility index (Phi) is 8.51. The lowest BCUT2D eigenvalue weighted by atomic mass is 10.2. The molecule has 0 aliphatic heterocycles. The van der Waals surface area contributed by atoms with Crippen molar-refractivity contribution in [2.24, 2.45) is 0 Å². The first kappa shape index (κ1) is 20.5. The lowest BCUT2D eigenvalue weighted by molar-refractivity contribution is -0.384. The van der Waals surface area contributed by atoms with Crippen molar-refractivity contribution in [1.29, 1.82) is 0 Å². The van der Waals surface area contributed by atoms with Crippen LogP contribution in [-0.2, 0) is 9.59 Å². The molecule has 0 bridgehead atoms. The van der Waals surface area contributed by atoms with Crippen LogP contribution in [0.3, 0.4) is 0 Å². The molecule has 0 aliphatic carbocycles. The number of likely N-dealkylation sites (N-methyl/N-ethyl adjacent to an activating group) is 1. The smallest absolute Gasteiger partial charge is 0.321 e. The van der Waals surface area contributed by atoms with Crippen LogP contribution in [0, 0.1) is 10.1 Å². The lowest BCUT2D eigenvalue weighted by Gasteiger charge is -2.20. The summed E-state index contributed by atoms with van der Waals surface area (Å²) in [6, 6.07) is 4.47. The van der Waals surface area contributed by atoms with Gasteiger partial charge in [-0.3, -0.25) is 19.7 Å². The molecule has 0 fully saturated rings. The summed E-state index contributed by atoms with van der Waals surface area (Å²) in [5.41, 5.74) is 0.108. The Bertz CT molecular complexity index is 604. The minimum Gasteiger partial charge on any atom is -0.480 e. The molecule has 0 saturated heterocycles.